The number of halogens is 1. The van der Waals surface area contributed by atoms with Crippen molar-refractivity contribution in [3.05, 3.63) is 81.8 Å². The molecule has 0 fully saturated rings. The molecular formula is C21H22BrNO. The van der Waals surface area contributed by atoms with Gasteiger partial charge in [-0.1, -0.05) is 70.5 Å². The summed E-state index contributed by atoms with van der Waals surface area (Å²) in [5.41, 5.74) is 3.03. The van der Waals surface area contributed by atoms with Crippen LogP contribution in [0, 0.1) is 0 Å². The molecule has 2 rings (SSSR count). The largest absolute Gasteiger partial charge is 0.298 e. The number of Topliss-reactive ketones (excluding diaryl/α,β-unsaturated/α-hetero) is 1. The number of benzene rings is 2. The van der Waals surface area contributed by atoms with Crippen LogP contribution in [0.5, 0.6) is 0 Å². The summed E-state index contributed by atoms with van der Waals surface area (Å²) in [6.45, 7) is 3.04. The van der Waals surface area contributed by atoms with Crippen molar-refractivity contribution >= 4 is 33.9 Å². The van der Waals surface area contributed by atoms with Gasteiger partial charge in [0.05, 0.1) is 0 Å². The fourth-order valence-electron chi connectivity index (χ4n) is 2.34. The normalized spacial score (nSPS) is 12.1. The zero-order valence-electron chi connectivity index (χ0n) is 14.1. The predicted octanol–water partition coefficient (Wildman–Crippen LogP) is 5.07. The van der Waals surface area contributed by atoms with Crippen molar-refractivity contribution in [3.63, 3.8) is 0 Å². The Morgan fingerprint density at radius 1 is 1.08 bits per heavy atom. The second-order valence-electron chi connectivity index (χ2n) is 5.79. The Kier molecular flexibility index (Phi) is 7.16. The minimum absolute atomic E-state index is 0.113. The molecule has 0 atom stereocenters. The maximum absolute atomic E-state index is 11.9. The first-order chi connectivity index (χ1) is 11.5. The molecule has 0 bridgehead atoms. The van der Waals surface area contributed by atoms with Crippen LogP contribution in [-0.4, -0.2) is 30.8 Å². The van der Waals surface area contributed by atoms with E-state index in [4.69, 9.17) is 0 Å². The fraction of sp³-hybridized carbons (Fsp3) is 0.190. The van der Waals surface area contributed by atoms with Gasteiger partial charge in [-0.2, -0.15) is 0 Å². The van der Waals surface area contributed by atoms with Gasteiger partial charge in [-0.15, -0.1) is 0 Å². The SMILES string of the molecule is CC(=O)/C(=C/c1ccccc1)CN(C)C/C=C\c1cccc(Br)c1. The molecule has 0 N–H and O–H groups in total. The van der Waals surface area contributed by atoms with Crippen LogP contribution in [0.4, 0.5) is 0 Å². The molecule has 0 heterocycles. The molecule has 2 aromatic rings. The van der Waals surface area contributed by atoms with Crippen LogP contribution in [0.15, 0.2) is 70.7 Å². The smallest absolute Gasteiger partial charge is 0.157 e. The maximum atomic E-state index is 11.9. The standard InChI is InChI=1S/C21H22BrNO/c1-17(24)20(14-18-8-4-3-5-9-18)16-23(2)13-7-11-19-10-6-12-21(22)15-19/h3-12,14-15H,13,16H2,1-2H3/b11-7-,20-14+. The lowest BCUT2D eigenvalue weighted by atomic mass is 10.1. The minimum atomic E-state index is 0.113. The number of hydrogen-bond acceptors (Lipinski definition) is 2. The lowest BCUT2D eigenvalue weighted by Crippen LogP contribution is -2.23. The number of carbonyl (C=O) groups excluding carboxylic acids is 1. The Bertz CT molecular complexity index is 735. The topological polar surface area (TPSA) is 20.3 Å². The molecule has 0 saturated heterocycles. The van der Waals surface area contributed by atoms with Crippen molar-refractivity contribution in [1.29, 1.82) is 0 Å². The fourth-order valence-corrected chi connectivity index (χ4v) is 2.76. The van der Waals surface area contributed by atoms with Crippen LogP contribution >= 0.6 is 15.9 Å². The van der Waals surface area contributed by atoms with Crippen LogP contribution in [0.1, 0.15) is 18.1 Å². The highest BCUT2D eigenvalue weighted by Gasteiger charge is 2.07. The Balaban J connectivity index is 1.97. The number of likely N-dealkylation sites (N-methyl/N-ethyl adjacent to an activating group) is 1. The van der Waals surface area contributed by atoms with Gasteiger partial charge in [0.2, 0.25) is 0 Å². The van der Waals surface area contributed by atoms with Gasteiger partial charge in [-0.25, -0.2) is 0 Å². The van der Waals surface area contributed by atoms with E-state index < -0.39 is 0 Å². The van der Waals surface area contributed by atoms with Crippen molar-refractivity contribution in [2.45, 2.75) is 6.92 Å². The third-order valence-corrected chi connectivity index (χ3v) is 4.10. The highest BCUT2D eigenvalue weighted by molar-refractivity contribution is 9.10. The second kappa shape index (κ2) is 9.36. The number of ketones is 1. The number of rotatable bonds is 7. The molecule has 0 radical (unpaired) electrons. The Morgan fingerprint density at radius 2 is 1.79 bits per heavy atom. The highest BCUT2D eigenvalue weighted by Crippen LogP contribution is 2.13. The second-order valence-corrected chi connectivity index (χ2v) is 6.71. The van der Waals surface area contributed by atoms with E-state index in [0.29, 0.717) is 6.54 Å². The lowest BCUT2D eigenvalue weighted by molar-refractivity contribution is -0.113. The van der Waals surface area contributed by atoms with E-state index in [-0.39, 0.29) is 5.78 Å². The summed E-state index contributed by atoms with van der Waals surface area (Å²) in [7, 11) is 2.02. The van der Waals surface area contributed by atoms with E-state index in [0.717, 1.165) is 27.7 Å². The molecule has 2 aromatic carbocycles. The van der Waals surface area contributed by atoms with Crippen LogP contribution in [0.3, 0.4) is 0 Å². The molecule has 0 aliphatic heterocycles. The van der Waals surface area contributed by atoms with Crippen LogP contribution in [0.25, 0.3) is 12.2 Å². The minimum Gasteiger partial charge on any atom is -0.298 e. The van der Waals surface area contributed by atoms with Crippen LogP contribution in [-0.2, 0) is 4.79 Å². The van der Waals surface area contributed by atoms with E-state index in [2.05, 4.69) is 45.1 Å². The van der Waals surface area contributed by atoms with Gasteiger partial charge < -0.3 is 0 Å². The van der Waals surface area contributed by atoms with Gasteiger partial charge in [0.1, 0.15) is 0 Å². The highest BCUT2D eigenvalue weighted by atomic mass is 79.9. The van der Waals surface area contributed by atoms with Gasteiger partial charge in [-0.3, -0.25) is 9.69 Å². The summed E-state index contributed by atoms with van der Waals surface area (Å²) in [4.78, 5) is 14.0. The summed E-state index contributed by atoms with van der Waals surface area (Å²) < 4.78 is 1.07. The van der Waals surface area contributed by atoms with Crippen LogP contribution in [0.2, 0.25) is 0 Å². The Labute approximate surface area is 152 Å². The molecule has 0 aliphatic rings. The average Bonchev–Trinajstić information content (AvgIpc) is 2.55. The molecule has 0 aromatic heterocycles. The quantitative estimate of drug-likeness (QED) is 0.622. The molecular weight excluding hydrogens is 362 g/mol. The monoisotopic (exact) mass is 383 g/mol. The summed E-state index contributed by atoms with van der Waals surface area (Å²) in [5.74, 6) is 0.113. The first-order valence-electron chi connectivity index (χ1n) is 7.92. The third-order valence-electron chi connectivity index (χ3n) is 3.61. The summed E-state index contributed by atoms with van der Waals surface area (Å²) in [5, 5.41) is 0. The van der Waals surface area contributed by atoms with Crippen molar-refractivity contribution in [2.24, 2.45) is 0 Å². The van der Waals surface area contributed by atoms with Gasteiger partial charge in [0, 0.05) is 23.1 Å². The third kappa shape index (κ3) is 6.26. The number of nitrogens with zero attached hydrogens (tertiary/aromatic N) is 1. The summed E-state index contributed by atoms with van der Waals surface area (Å²) in [6, 6.07) is 18.1. The first kappa shape index (κ1) is 18.4. The molecule has 2 nitrogen and oxygen atoms in total. The van der Waals surface area contributed by atoms with Gasteiger partial charge >= 0.3 is 0 Å². The van der Waals surface area contributed by atoms with Gasteiger partial charge in [-0.05, 0) is 43.3 Å². The molecule has 0 spiro atoms. The number of carbonyl (C=O) groups is 1. The van der Waals surface area contributed by atoms with Crippen LogP contribution < -0.4 is 0 Å². The molecule has 124 valence electrons. The molecule has 3 heteroatoms. The Morgan fingerprint density at radius 3 is 2.46 bits per heavy atom. The van der Waals surface area contributed by atoms with Crippen molar-refractivity contribution in [1.82, 2.24) is 4.90 Å². The maximum Gasteiger partial charge on any atom is 0.157 e. The van der Waals surface area contributed by atoms with Crippen molar-refractivity contribution in [2.75, 3.05) is 20.1 Å². The van der Waals surface area contributed by atoms with E-state index in [1.807, 2.05) is 55.6 Å². The summed E-state index contributed by atoms with van der Waals surface area (Å²) in [6.07, 6.45) is 6.18. The van der Waals surface area contributed by atoms with Crippen molar-refractivity contribution < 1.29 is 4.79 Å². The number of hydrogen-bond donors (Lipinski definition) is 0. The molecule has 0 amide bonds. The van der Waals surface area contributed by atoms with E-state index in [9.17, 15) is 4.79 Å². The van der Waals surface area contributed by atoms with E-state index in [1.165, 1.54) is 0 Å². The molecule has 0 unspecified atom stereocenters. The lowest BCUT2D eigenvalue weighted by Gasteiger charge is -2.15. The van der Waals surface area contributed by atoms with E-state index >= 15 is 0 Å². The van der Waals surface area contributed by atoms with Crippen molar-refractivity contribution in [3.8, 4) is 0 Å². The van der Waals surface area contributed by atoms with E-state index in [1.54, 1.807) is 6.92 Å². The molecule has 0 saturated carbocycles. The zero-order valence-corrected chi connectivity index (χ0v) is 15.7. The van der Waals surface area contributed by atoms with Gasteiger partial charge in [0.15, 0.2) is 5.78 Å². The average molecular weight is 384 g/mol. The Hall–Kier alpha value is -1.97. The first-order valence-corrected chi connectivity index (χ1v) is 8.71. The summed E-state index contributed by atoms with van der Waals surface area (Å²) >= 11 is 3.47. The predicted molar refractivity (Wildman–Crippen MR) is 106 cm³/mol. The molecule has 24 heavy (non-hydrogen) atoms. The molecule has 0 aliphatic carbocycles. The zero-order chi connectivity index (χ0) is 17.4. The van der Waals surface area contributed by atoms with Gasteiger partial charge in [0.25, 0.3) is 0 Å².